The molecule has 0 aromatic heterocycles. The summed E-state index contributed by atoms with van der Waals surface area (Å²) in [5, 5.41) is 3.16. The van der Waals surface area contributed by atoms with E-state index in [-0.39, 0.29) is 29.3 Å². The van der Waals surface area contributed by atoms with Gasteiger partial charge in [0.15, 0.2) is 0 Å². The molecule has 3 N–H and O–H groups in total. The first-order valence-corrected chi connectivity index (χ1v) is 10.4. The largest absolute Gasteiger partial charge is 0.354 e. The molecule has 4 rings (SSSR count). The molecule has 4 nitrogen and oxygen atoms in total. The van der Waals surface area contributed by atoms with Crippen LogP contribution in [0, 0.1) is 11.3 Å². The van der Waals surface area contributed by atoms with Crippen molar-refractivity contribution in [2.75, 3.05) is 13.1 Å². The molecule has 0 saturated carbocycles. The van der Waals surface area contributed by atoms with Crippen molar-refractivity contribution < 1.29 is 4.79 Å². The van der Waals surface area contributed by atoms with E-state index in [1.165, 1.54) is 16.7 Å². The summed E-state index contributed by atoms with van der Waals surface area (Å²) in [5.41, 5.74) is 10.5. The number of carbonyl (C=O) groups excluding carboxylic acids is 1. The molecule has 2 aromatic rings. The van der Waals surface area contributed by atoms with Gasteiger partial charge in [-0.3, -0.25) is 9.69 Å². The Balaban J connectivity index is 1.65. The molecule has 1 aliphatic heterocycles. The number of amides is 1. The van der Waals surface area contributed by atoms with E-state index < -0.39 is 0 Å². The van der Waals surface area contributed by atoms with Crippen LogP contribution in [0.1, 0.15) is 43.0 Å². The molecule has 1 saturated heterocycles. The second-order valence-electron chi connectivity index (χ2n) is 8.78. The second kappa shape index (κ2) is 7.69. The zero-order chi connectivity index (χ0) is 19.7. The van der Waals surface area contributed by atoms with Crippen LogP contribution in [0.25, 0.3) is 0 Å². The summed E-state index contributed by atoms with van der Waals surface area (Å²) in [6.07, 6.45) is 1.96. The van der Waals surface area contributed by atoms with Crippen LogP contribution in [0.2, 0.25) is 0 Å². The highest BCUT2D eigenvalue weighted by Gasteiger charge is 2.55. The lowest BCUT2D eigenvalue weighted by molar-refractivity contribution is -0.129. The van der Waals surface area contributed by atoms with Crippen molar-refractivity contribution in [1.82, 2.24) is 10.2 Å². The van der Waals surface area contributed by atoms with Crippen LogP contribution in [0.5, 0.6) is 0 Å². The summed E-state index contributed by atoms with van der Waals surface area (Å²) in [4.78, 5) is 15.6. The first kappa shape index (κ1) is 19.2. The zero-order valence-electron chi connectivity index (χ0n) is 16.9. The maximum absolute atomic E-state index is 13.2. The van der Waals surface area contributed by atoms with Crippen molar-refractivity contribution in [3.8, 4) is 0 Å². The van der Waals surface area contributed by atoms with Gasteiger partial charge in [0.25, 0.3) is 0 Å². The molecule has 0 unspecified atom stereocenters. The van der Waals surface area contributed by atoms with Gasteiger partial charge in [0, 0.05) is 37.1 Å². The molecule has 4 heteroatoms. The Bertz CT molecular complexity index is 835. The quantitative estimate of drug-likeness (QED) is 0.860. The van der Waals surface area contributed by atoms with Crippen LogP contribution < -0.4 is 11.1 Å². The third-order valence-corrected chi connectivity index (χ3v) is 6.52. The van der Waals surface area contributed by atoms with Crippen molar-refractivity contribution >= 4 is 5.91 Å². The molecule has 0 bridgehead atoms. The SMILES string of the molecule is CC(C)NC(=O)[C@@H]1CN(Cc2ccccc2)C[C@]12CCc1ccccc1[C@H]2N. The standard InChI is InChI=1S/C24H31N3O/c1-17(2)26-23(28)21-15-27(14-18-8-4-3-5-9-18)16-24(21)13-12-19-10-6-7-11-20(19)22(24)25/h3-11,17,21-22H,12-16,25H2,1-2H3,(H,26,28)/t21-,22+,24+/m0/s1. The molecule has 1 aliphatic carbocycles. The first-order chi connectivity index (χ1) is 13.5. The van der Waals surface area contributed by atoms with Crippen molar-refractivity contribution in [3.63, 3.8) is 0 Å². The Kier molecular flexibility index (Phi) is 5.26. The van der Waals surface area contributed by atoms with Gasteiger partial charge < -0.3 is 11.1 Å². The van der Waals surface area contributed by atoms with Crippen molar-refractivity contribution in [1.29, 1.82) is 0 Å². The third kappa shape index (κ3) is 3.47. The minimum Gasteiger partial charge on any atom is -0.354 e. The molecular weight excluding hydrogens is 346 g/mol. The monoisotopic (exact) mass is 377 g/mol. The number of fused-ring (bicyclic) bond motifs is 1. The highest BCUT2D eigenvalue weighted by Crippen LogP contribution is 2.52. The number of hydrogen-bond acceptors (Lipinski definition) is 3. The molecule has 3 atom stereocenters. The Labute approximate surface area is 168 Å². The topological polar surface area (TPSA) is 58.4 Å². The van der Waals surface area contributed by atoms with E-state index in [2.05, 4.69) is 58.7 Å². The average molecular weight is 378 g/mol. The average Bonchev–Trinajstić information content (AvgIpc) is 3.05. The van der Waals surface area contributed by atoms with Crippen LogP contribution in [0.4, 0.5) is 0 Å². The van der Waals surface area contributed by atoms with Crippen molar-refractivity contribution in [3.05, 3.63) is 71.3 Å². The maximum Gasteiger partial charge on any atom is 0.225 e. The summed E-state index contributed by atoms with van der Waals surface area (Å²) in [7, 11) is 0. The molecule has 148 valence electrons. The number of nitrogens with two attached hydrogens (primary N) is 1. The van der Waals surface area contributed by atoms with E-state index in [1.807, 2.05) is 19.9 Å². The number of nitrogens with zero attached hydrogens (tertiary/aromatic N) is 1. The van der Waals surface area contributed by atoms with Crippen molar-refractivity contribution in [2.45, 2.75) is 45.3 Å². The van der Waals surface area contributed by atoms with Gasteiger partial charge in [0.1, 0.15) is 0 Å². The lowest BCUT2D eigenvalue weighted by Gasteiger charge is -2.44. The van der Waals surface area contributed by atoms with E-state index in [0.29, 0.717) is 0 Å². The lowest BCUT2D eigenvalue weighted by Crippen LogP contribution is -2.50. The van der Waals surface area contributed by atoms with Crippen LogP contribution >= 0.6 is 0 Å². The van der Waals surface area contributed by atoms with E-state index in [1.54, 1.807) is 0 Å². The van der Waals surface area contributed by atoms with Crippen molar-refractivity contribution in [2.24, 2.45) is 17.1 Å². The van der Waals surface area contributed by atoms with E-state index in [0.717, 1.165) is 32.5 Å². The van der Waals surface area contributed by atoms with Gasteiger partial charge in [-0.2, -0.15) is 0 Å². The predicted molar refractivity (Wildman–Crippen MR) is 113 cm³/mol. The molecule has 1 heterocycles. The number of likely N-dealkylation sites (tertiary alicyclic amines) is 1. The second-order valence-corrected chi connectivity index (χ2v) is 8.78. The Morgan fingerprint density at radius 2 is 1.89 bits per heavy atom. The maximum atomic E-state index is 13.2. The third-order valence-electron chi connectivity index (χ3n) is 6.52. The number of nitrogens with one attached hydrogen (secondary N) is 1. The minimum absolute atomic E-state index is 0.0815. The van der Waals surface area contributed by atoms with Crippen LogP contribution in [0.15, 0.2) is 54.6 Å². The van der Waals surface area contributed by atoms with Gasteiger partial charge in [-0.15, -0.1) is 0 Å². The molecule has 0 radical (unpaired) electrons. The fourth-order valence-corrected chi connectivity index (χ4v) is 5.19. The Hall–Kier alpha value is -2.17. The highest BCUT2D eigenvalue weighted by atomic mass is 16.2. The lowest BCUT2D eigenvalue weighted by atomic mass is 9.62. The minimum atomic E-state index is -0.206. The predicted octanol–water partition coefficient (Wildman–Crippen LogP) is 3.28. The molecule has 2 aromatic carbocycles. The summed E-state index contributed by atoms with van der Waals surface area (Å²) in [6.45, 7) is 6.55. The first-order valence-electron chi connectivity index (χ1n) is 10.4. The van der Waals surface area contributed by atoms with Crippen LogP contribution in [-0.2, 0) is 17.8 Å². The fraction of sp³-hybridized carbons (Fsp3) is 0.458. The Morgan fingerprint density at radius 3 is 2.64 bits per heavy atom. The molecule has 1 spiro atoms. The van der Waals surface area contributed by atoms with E-state index >= 15 is 0 Å². The molecular formula is C24H31N3O. The number of aryl methyl sites for hydroxylation is 1. The Morgan fingerprint density at radius 1 is 1.18 bits per heavy atom. The molecule has 2 aliphatic rings. The normalized spacial score (nSPS) is 27.1. The van der Waals surface area contributed by atoms with Gasteiger partial charge in [-0.05, 0) is 43.4 Å². The summed E-state index contributed by atoms with van der Waals surface area (Å²) in [6, 6.07) is 19.0. The zero-order valence-corrected chi connectivity index (χ0v) is 16.9. The molecule has 1 amide bonds. The van der Waals surface area contributed by atoms with Crippen LogP contribution in [0.3, 0.4) is 0 Å². The number of hydrogen-bond donors (Lipinski definition) is 2. The van der Waals surface area contributed by atoms with Crippen LogP contribution in [-0.4, -0.2) is 29.9 Å². The smallest absolute Gasteiger partial charge is 0.225 e. The molecule has 1 fully saturated rings. The summed E-state index contributed by atoms with van der Waals surface area (Å²) < 4.78 is 0. The number of rotatable bonds is 4. The summed E-state index contributed by atoms with van der Waals surface area (Å²) >= 11 is 0. The van der Waals surface area contributed by atoms with Gasteiger partial charge >= 0.3 is 0 Å². The van der Waals surface area contributed by atoms with Gasteiger partial charge in [-0.1, -0.05) is 54.6 Å². The van der Waals surface area contributed by atoms with E-state index in [9.17, 15) is 4.79 Å². The number of benzene rings is 2. The van der Waals surface area contributed by atoms with Gasteiger partial charge in [-0.25, -0.2) is 0 Å². The number of carbonyl (C=O) groups is 1. The molecule has 28 heavy (non-hydrogen) atoms. The van der Waals surface area contributed by atoms with Gasteiger partial charge in [0.2, 0.25) is 5.91 Å². The highest BCUT2D eigenvalue weighted by molar-refractivity contribution is 5.81. The fourth-order valence-electron chi connectivity index (χ4n) is 5.19. The van der Waals surface area contributed by atoms with E-state index in [4.69, 9.17) is 5.73 Å². The summed E-state index contributed by atoms with van der Waals surface area (Å²) in [5.74, 6) is 0.0716. The van der Waals surface area contributed by atoms with Gasteiger partial charge in [0.05, 0.1) is 5.92 Å².